The Bertz CT molecular complexity index is 871. The van der Waals surface area contributed by atoms with E-state index in [0.29, 0.717) is 13.1 Å². The van der Waals surface area contributed by atoms with Crippen LogP contribution in [-0.4, -0.2) is 43.2 Å². The highest BCUT2D eigenvalue weighted by atomic mass is 16.6. The smallest absolute Gasteiger partial charge is 0.302 e. The van der Waals surface area contributed by atoms with Crippen LogP contribution >= 0.6 is 0 Å². The van der Waals surface area contributed by atoms with Crippen LogP contribution in [-0.2, 0) is 19.1 Å². The molecule has 30 heavy (non-hydrogen) atoms. The number of hydrogen-bond donors (Lipinski definition) is 0. The molecule has 0 atom stereocenters. The highest BCUT2D eigenvalue weighted by Gasteiger charge is 2.08. The summed E-state index contributed by atoms with van der Waals surface area (Å²) in [5, 5.41) is 10.7. The maximum Gasteiger partial charge on any atom is 0.302 e. The second kappa shape index (κ2) is 11.4. The maximum atomic E-state index is 11.0. The normalized spacial score (nSPS) is 10.6. The van der Waals surface area contributed by atoms with Crippen LogP contribution in [0.1, 0.15) is 25.0 Å². The fraction of sp³-hybridized carbons (Fsp3) is 0.273. The van der Waals surface area contributed by atoms with E-state index in [0.717, 1.165) is 16.8 Å². The van der Waals surface area contributed by atoms with Gasteiger partial charge < -0.3 is 14.4 Å². The third-order valence-corrected chi connectivity index (χ3v) is 4.16. The average Bonchev–Trinajstić information content (AvgIpc) is 2.71. The summed E-state index contributed by atoms with van der Waals surface area (Å²) in [6, 6.07) is 14.0. The Labute approximate surface area is 174 Å². The molecule has 0 fully saturated rings. The molecule has 2 aromatic rings. The average molecular weight is 412 g/mol. The standard InChI is InChI=1S/C22H24N2O6/c1-17(25)29-15-13-23(14-16-30-18(2)26)21-9-5-19(6-10-21)3-4-20-7-11-22(12-8-20)24(27)28/h3-12H,13-16H2,1-2H3/b4-3+. The number of hydrogen-bond acceptors (Lipinski definition) is 7. The summed E-state index contributed by atoms with van der Waals surface area (Å²) < 4.78 is 10.0. The first kappa shape index (κ1) is 22.6. The summed E-state index contributed by atoms with van der Waals surface area (Å²) >= 11 is 0. The van der Waals surface area contributed by atoms with Crippen molar-refractivity contribution < 1.29 is 24.0 Å². The van der Waals surface area contributed by atoms with Crippen molar-refractivity contribution in [3.05, 3.63) is 69.8 Å². The van der Waals surface area contributed by atoms with E-state index in [2.05, 4.69) is 0 Å². The molecule has 0 saturated carbocycles. The molecule has 0 spiro atoms. The van der Waals surface area contributed by atoms with Crippen molar-refractivity contribution in [2.75, 3.05) is 31.2 Å². The lowest BCUT2D eigenvalue weighted by atomic mass is 10.1. The maximum absolute atomic E-state index is 11.0. The van der Waals surface area contributed by atoms with Gasteiger partial charge in [-0.3, -0.25) is 19.7 Å². The minimum absolute atomic E-state index is 0.0547. The van der Waals surface area contributed by atoms with Gasteiger partial charge in [0.15, 0.2) is 0 Å². The summed E-state index contributed by atoms with van der Waals surface area (Å²) in [7, 11) is 0. The SMILES string of the molecule is CC(=O)OCCN(CCOC(C)=O)c1ccc(/C=C/c2ccc([N+](=O)[O-])cc2)cc1. The van der Waals surface area contributed by atoms with Gasteiger partial charge in [-0.25, -0.2) is 0 Å². The van der Waals surface area contributed by atoms with E-state index in [1.165, 1.54) is 26.0 Å². The number of nitro groups is 1. The second-order valence-electron chi connectivity index (χ2n) is 6.44. The lowest BCUT2D eigenvalue weighted by Crippen LogP contribution is -2.31. The number of esters is 2. The Kier molecular flexibility index (Phi) is 8.56. The van der Waals surface area contributed by atoms with Crippen molar-refractivity contribution in [1.82, 2.24) is 0 Å². The fourth-order valence-electron chi connectivity index (χ4n) is 2.66. The molecule has 0 aliphatic rings. The largest absolute Gasteiger partial charge is 0.464 e. The van der Waals surface area contributed by atoms with E-state index in [1.807, 2.05) is 41.3 Å². The number of benzene rings is 2. The van der Waals surface area contributed by atoms with Crippen LogP contribution in [0.3, 0.4) is 0 Å². The molecule has 2 aromatic carbocycles. The predicted molar refractivity (Wildman–Crippen MR) is 114 cm³/mol. The van der Waals surface area contributed by atoms with Gasteiger partial charge in [0.2, 0.25) is 0 Å². The molecule has 0 aliphatic carbocycles. The van der Waals surface area contributed by atoms with Gasteiger partial charge in [0.25, 0.3) is 5.69 Å². The van der Waals surface area contributed by atoms with E-state index in [4.69, 9.17) is 9.47 Å². The van der Waals surface area contributed by atoms with Gasteiger partial charge in [-0.15, -0.1) is 0 Å². The minimum atomic E-state index is -0.430. The molecular formula is C22H24N2O6. The number of nitro benzene ring substituents is 1. The first-order valence-electron chi connectivity index (χ1n) is 9.39. The molecule has 0 aliphatic heterocycles. The van der Waals surface area contributed by atoms with Gasteiger partial charge in [-0.2, -0.15) is 0 Å². The van der Waals surface area contributed by atoms with Gasteiger partial charge in [0.1, 0.15) is 13.2 Å². The van der Waals surface area contributed by atoms with E-state index < -0.39 is 4.92 Å². The first-order valence-corrected chi connectivity index (χ1v) is 9.39. The van der Waals surface area contributed by atoms with Crippen molar-refractivity contribution in [2.45, 2.75) is 13.8 Å². The van der Waals surface area contributed by atoms with Crippen molar-refractivity contribution in [3.63, 3.8) is 0 Å². The minimum Gasteiger partial charge on any atom is -0.464 e. The van der Waals surface area contributed by atoms with Crippen LogP contribution in [0.4, 0.5) is 11.4 Å². The van der Waals surface area contributed by atoms with Crippen molar-refractivity contribution in [1.29, 1.82) is 0 Å². The van der Waals surface area contributed by atoms with Gasteiger partial charge >= 0.3 is 11.9 Å². The van der Waals surface area contributed by atoms with Crippen LogP contribution < -0.4 is 4.90 Å². The molecule has 0 aromatic heterocycles. The number of non-ortho nitro benzene ring substituents is 1. The van der Waals surface area contributed by atoms with Crippen molar-refractivity contribution in [2.24, 2.45) is 0 Å². The van der Waals surface area contributed by atoms with E-state index in [9.17, 15) is 19.7 Å². The van der Waals surface area contributed by atoms with Gasteiger partial charge in [0.05, 0.1) is 18.0 Å². The molecule has 0 amide bonds. The summed E-state index contributed by atoms with van der Waals surface area (Å²) in [6.07, 6.45) is 3.78. The fourth-order valence-corrected chi connectivity index (χ4v) is 2.66. The molecule has 0 N–H and O–H groups in total. The number of carbonyl (C=O) groups is 2. The second-order valence-corrected chi connectivity index (χ2v) is 6.44. The Morgan fingerprint density at radius 2 is 1.30 bits per heavy atom. The molecule has 0 heterocycles. The van der Waals surface area contributed by atoms with E-state index >= 15 is 0 Å². The number of anilines is 1. The molecule has 0 unspecified atom stereocenters. The van der Waals surface area contributed by atoms with Gasteiger partial charge in [0, 0.05) is 31.7 Å². The molecule has 8 nitrogen and oxygen atoms in total. The van der Waals surface area contributed by atoms with E-state index in [-0.39, 0.29) is 30.8 Å². The topological polar surface area (TPSA) is 99.0 Å². The molecule has 158 valence electrons. The van der Waals surface area contributed by atoms with E-state index in [1.54, 1.807) is 12.1 Å². The summed E-state index contributed by atoms with van der Waals surface area (Å²) in [5.41, 5.74) is 2.77. The Hall–Kier alpha value is -3.68. The monoisotopic (exact) mass is 412 g/mol. The van der Waals surface area contributed by atoms with Gasteiger partial charge in [-0.05, 0) is 35.4 Å². The molecule has 0 radical (unpaired) electrons. The van der Waals surface area contributed by atoms with Crippen LogP contribution in [0.2, 0.25) is 0 Å². The highest BCUT2D eigenvalue weighted by molar-refractivity contribution is 5.71. The predicted octanol–water partition coefficient (Wildman–Crippen LogP) is 3.70. The highest BCUT2D eigenvalue weighted by Crippen LogP contribution is 2.18. The van der Waals surface area contributed by atoms with Crippen molar-refractivity contribution >= 4 is 35.5 Å². The zero-order valence-electron chi connectivity index (χ0n) is 16.9. The Morgan fingerprint density at radius 3 is 1.70 bits per heavy atom. The third-order valence-electron chi connectivity index (χ3n) is 4.16. The van der Waals surface area contributed by atoms with Crippen LogP contribution in [0, 0.1) is 10.1 Å². The quantitative estimate of drug-likeness (QED) is 0.254. The number of rotatable bonds is 10. The lowest BCUT2D eigenvalue weighted by molar-refractivity contribution is -0.384. The number of nitrogens with zero attached hydrogens (tertiary/aromatic N) is 2. The Balaban J connectivity index is 2.03. The number of carbonyl (C=O) groups excluding carboxylic acids is 2. The summed E-state index contributed by atoms with van der Waals surface area (Å²) in [5.74, 6) is -0.691. The van der Waals surface area contributed by atoms with Crippen LogP contribution in [0.25, 0.3) is 12.2 Å². The first-order chi connectivity index (χ1) is 14.3. The van der Waals surface area contributed by atoms with Gasteiger partial charge in [-0.1, -0.05) is 24.3 Å². The zero-order valence-corrected chi connectivity index (χ0v) is 16.9. The third kappa shape index (κ3) is 7.75. The Morgan fingerprint density at radius 1 is 0.867 bits per heavy atom. The van der Waals surface area contributed by atoms with Crippen molar-refractivity contribution in [3.8, 4) is 0 Å². The lowest BCUT2D eigenvalue weighted by Gasteiger charge is -2.24. The van der Waals surface area contributed by atoms with Crippen LogP contribution in [0.15, 0.2) is 48.5 Å². The summed E-state index contributed by atoms with van der Waals surface area (Å²) in [6.45, 7) is 4.12. The molecule has 8 heteroatoms. The number of ether oxygens (including phenoxy) is 2. The zero-order chi connectivity index (χ0) is 21.9. The molecule has 2 rings (SSSR count). The van der Waals surface area contributed by atoms with Crippen LogP contribution in [0.5, 0.6) is 0 Å². The molecular weight excluding hydrogens is 388 g/mol. The molecule has 0 saturated heterocycles. The molecule has 0 bridgehead atoms. The summed E-state index contributed by atoms with van der Waals surface area (Å²) in [4.78, 5) is 34.2.